The van der Waals surface area contributed by atoms with Gasteiger partial charge < -0.3 is 14.2 Å². The molecule has 0 saturated heterocycles. The van der Waals surface area contributed by atoms with Crippen LogP contribution in [0, 0.1) is 11.8 Å². The first-order valence-corrected chi connectivity index (χ1v) is 7.28. The number of hydrogen-bond acceptors (Lipinski definition) is 5. The van der Waals surface area contributed by atoms with Gasteiger partial charge in [-0.15, -0.1) is 0 Å². The van der Waals surface area contributed by atoms with Crippen molar-refractivity contribution in [3.05, 3.63) is 53.8 Å². The fourth-order valence-corrected chi connectivity index (χ4v) is 2.74. The quantitative estimate of drug-likeness (QED) is 0.617. The molecule has 122 valence electrons. The minimum absolute atomic E-state index is 0.344. The molecule has 0 aromatic heterocycles. The number of benzene rings is 1. The molecule has 0 saturated carbocycles. The molecule has 2 rings (SSSR count). The summed E-state index contributed by atoms with van der Waals surface area (Å²) in [5, 5.41) is 0. The van der Waals surface area contributed by atoms with Gasteiger partial charge in [-0.25, -0.2) is 0 Å². The first-order chi connectivity index (χ1) is 11.1. The Morgan fingerprint density at radius 3 is 2.17 bits per heavy atom. The summed E-state index contributed by atoms with van der Waals surface area (Å²) in [6.07, 6.45) is 4.07. The highest BCUT2D eigenvalue weighted by Crippen LogP contribution is 2.36. The van der Waals surface area contributed by atoms with E-state index in [-0.39, 0.29) is 5.92 Å². The topological polar surface area (TPSA) is 61.8 Å². The number of allylic oxidation sites excluding steroid dienone is 3. The first-order valence-electron chi connectivity index (χ1n) is 7.28. The van der Waals surface area contributed by atoms with E-state index in [0.717, 1.165) is 16.9 Å². The molecule has 1 aromatic rings. The molecule has 0 unspecified atom stereocenters. The number of hydrogen-bond donors (Lipinski definition) is 0. The third kappa shape index (κ3) is 3.62. The molecule has 0 bridgehead atoms. The van der Waals surface area contributed by atoms with Crippen molar-refractivity contribution in [1.29, 1.82) is 0 Å². The van der Waals surface area contributed by atoms with Crippen LogP contribution in [-0.4, -0.2) is 33.3 Å². The Hall–Kier alpha value is -2.56. The largest absolute Gasteiger partial charge is 0.496 e. The zero-order chi connectivity index (χ0) is 16.8. The van der Waals surface area contributed by atoms with Crippen LogP contribution in [0.4, 0.5) is 0 Å². The standard InChI is InChI=1S/C18H20O5/c1-21-15-10-9-13(16(17(19)22-2)18(20)23-3)11-14(15)12-7-5-4-6-8-12/h4-10,13,16H,11H2,1-3H3/t13-/m0/s1. The van der Waals surface area contributed by atoms with Gasteiger partial charge >= 0.3 is 11.9 Å². The van der Waals surface area contributed by atoms with E-state index in [9.17, 15) is 9.59 Å². The SMILES string of the molecule is COC(=O)C(C(=O)OC)[C@H]1C=CC(OC)=C(c2ccccc2)C1. The Morgan fingerprint density at radius 2 is 1.65 bits per heavy atom. The maximum atomic E-state index is 12.0. The van der Waals surface area contributed by atoms with Crippen molar-refractivity contribution in [1.82, 2.24) is 0 Å². The summed E-state index contributed by atoms with van der Waals surface area (Å²) in [4.78, 5) is 24.0. The molecule has 0 aliphatic heterocycles. The summed E-state index contributed by atoms with van der Waals surface area (Å²) in [5.74, 6) is -1.80. The van der Waals surface area contributed by atoms with Gasteiger partial charge in [-0.3, -0.25) is 9.59 Å². The number of rotatable bonds is 5. The van der Waals surface area contributed by atoms with Crippen molar-refractivity contribution < 1.29 is 23.8 Å². The van der Waals surface area contributed by atoms with E-state index >= 15 is 0 Å². The van der Waals surface area contributed by atoms with Crippen LogP contribution in [0.3, 0.4) is 0 Å². The zero-order valence-electron chi connectivity index (χ0n) is 13.4. The number of ether oxygens (including phenoxy) is 3. The van der Waals surface area contributed by atoms with Crippen molar-refractivity contribution in [2.45, 2.75) is 6.42 Å². The maximum absolute atomic E-state index is 12.0. The Balaban J connectivity index is 2.35. The highest BCUT2D eigenvalue weighted by molar-refractivity contribution is 5.96. The second-order valence-electron chi connectivity index (χ2n) is 5.16. The molecule has 1 aromatic carbocycles. The summed E-state index contributed by atoms with van der Waals surface area (Å²) < 4.78 is 14.9. The molecule has 0 spiro atoms. The van der Waals surface area contributed by atoms with Gasteiger partial charge in [-0.1, -0.05) is 36.4 Å². The van der Waals surface area contributed by atoms with Crippen LogP contribution in [0.1, 0.15) is 12.0 Å². The average Bonchev–Trinajstić information content (AvgIpc) is 2.62. The van der Waals surface area contributed by atoms with Gasteiger partial charge in [-0.2, -0.15) is 0 Å². The van der Waals surface area contributed by atoms with Crippen molar-refractivity contribution in [2.75, 3.05) is 21.3 Å². The first kappa shape index (κ1) is 16.8. The molecule has 5 nitrogen and oxygen atoms in total. The van der Waals surface area contributed by atoms with E-state index in [4.69, 9.17) is 14.2 Å². The smallest absolute Gasteiger partial charge is 0.320 e. The van der Waals surface area contributed by atoms with Crippen LogP contribution >= 0.6 is 0 Å². The molecular formula is C18H20O5. The van der Waals surface area contributed by atoms with E-state index in [1.807, 2.05) is 30.3 Å². The molecule has 0 N–H and O–H groups in total. The Labute approximate surface area is 135 Å². The molecule has 0 fully saturated rings. The van der Waals surface area contributed by atoms with Gasteiger partial charge in [0.25, 0.3) is 0 Å². The molecule has 0 radical (unpaired) electrons. The molecule has 0 amide bonds. The molecule has 1 atom stereocenters. The highest BCUT2D eigenvalue weighted by Gasteiger charge is 2.37. The van der Waals surface area contributed by atoms with Crippen LogP contribution in [0.2, 0.25) is 0 Å². The predicted octanol–water partition coefficient (Wildman–Crippen LogP) is 2.58. The van der Waals surface area contributed by atoms with Gasteiger partial charge in [0, 0.05) is 11.5 Å². The minimum Gasteiger partial charge on any atom is -0.496 e. The average molecular weight is 316 g/mol. The summed E-state index contributed by atoms with van der Waals surface area (Å²) in [6.45, 7) is 0. The molecular weight excluding hydrogens is 296 g/mol. The lowest BCUT2D eigenvalue weighted by atomic mass is 9.81. The molecule has 5 heteroatoms. The van der Waals surface area contributed by atoms with Crippen molar-refractivity contribution in [2.24, 2.45) is 11.8 Å². The number of carbonyl (C=O) groups excluding carboxylic acids is 2. The lowest BCUT2D eigenvalue weighted by Gasteiger charge is -2.26. The Morgan fingerprint density at radius 1 is 1.04 bits per heavy atom. The lowest BCUT2D eigenvalue weighted by Crippen LogP contribution is -2.33. The predicted molar refractivity (Wildman–Crippen MR) is 85.1 cm³/mol. The van der Waals surface area contributed by atoms with Crippen molar-refractivity contribution in [3.8, 4) is 0 Å². The van der Waals surface area contributed by atoms with E-state index < -0.39 is 17.9 Å². The van der Waals surface area contributed by atoms with Crippen molar-refractivity contribution >= 4 is 17.5 Å². The van der Waals surface area contributed by atoms with Crippen LogP contribution in [-0.2, 0) is 23.8 Å². The van der Waals surface area contributed by atoms with Gasteiger partial charge in [-0.05, 0) is 18.1 Å². The second kappa shape index (κ2) is 7.63. The van der Waals surface area contributed by atoms with Gasteiger partial charge in [0.2, 0.25) is 0 Å². The van der Waals surface area contributed by atoms with Crippen LogP contribution in [0.25, 0.3) is 5.57 Å². The number of methoxy groups -OCH3 is 3. The fourth-order valence-electron chi connectivity index (χ4n) is 2.74. The van der Waals surface area contributed by atoms with Crippen LogP contribution in [0.15, 0.2) is 48.2 Å². The van der Waals surface area contributed by atoms with E-state index in [0.29, 0.717) is 6.42 Å². The number of carbonyl (C=O) groups is 2. The van der Waals surface area contributed by atoms with E-state index in [1.54, 1.807) is 19.3 Å². The summed E-state index contributed by atoms with van der Waals surface area (Å²) >= 11 is 0. The Bertz CT molecular complexity index is 614. The summed E-state index contributed by atoms with van der Waals surface area (Å²) in [5.41, 5.74) is 1.94. The molecule has 0 heterocycles. The lowest BCUT2D eigenvalue weighted by molar-refractivity contribution is -0.160. The molecule has 1 aliphatic carbocycles. The van der Waals surface area contributed by atoms with Crippen molar-refractivity contribution in [3.63, 3.8) is 0 Å². The maximum Gasteiger partial charge on any atom is 0.320 e. The molecule has 1 aliphatic rings. The highest BCUT2D eigenvalue weighted by atomic mass is 16.5. The Kier molecular flexibility index (Phi) is 5.57. The van der Waals surface area contributed by atoms with E-state index in [2.05, 4.69) is 0 Å². The molecule has 23 heavy (non-hydrogen) atoms. The second-order valence-corrected chi connectivity index (χ2v) is 5.16. The van der Waals surface area contributed by atoms with Gasteiger partial charge in [0.15, 0.2) is 5.92 Å². The fraction of sp³-hybridized carbons (Fsp3) is 0.333. The zero-order valence-corrected chi connectivity index (χ0v) is 13.4. The van der Waals surface area contributed by atoms with E-state index in [1.165, 1.54) is 14.2 Å². The minimum atomic E-state index is -0.988. The monoisotopic (exact) mass is 316 g/mol. The van der Waals surface area contributed by atoms with Gasteiger partial charge in [0.05, 0.1) is 21.3 Å². The van der Waals surface area contributed by atoms with Crippen LogP contribution < -0.4 is 0 Å². The third-order valence-corrected chi connectivity index (χ3v) is 3.91. The van der Waals surface area contributed by atoms with Crippen LogP contribution in [0.5, 0.6) is 0 Å². The number of esters is 2. The normalized spacial score (nSPS) is 17.1. The van der Waals surface area contributed by atoms with Gasteiger partial charge in [0.1, 0.15) is 5.76 Å². The summed E-state index contributed by atoms with van der Waals surface area (Å²) in [7, 11) is 4.12. The third-order valence-electron chi connectivity index (χ3n) is 3.91. The summed E-state index contributed by atoms with van der Waals surface area (Å²) in [6, 6.07) is 9.73.